The van der Waals surface area contributed by atoms with Crippen molar-refractivity contribution >= 4 is 5.91 Å². The molecule has 7 heteroatoms. The van der Waals surface area contributed by atoms with E-state index in [0.29, 0.717) is 17.1 Å². The molecule has 0 radical (unpaired) electrons. The molecule has 2 aromatic heterocycles. The molecular weight excluding hydrogens is 397 g/mol. The highest BCUT2D eigenvalue weighted by Gasteiger charge is 2.22. The largest absolute Gasteiger partial charge is 0.489 e. The SMILES string of the molecule is Cc1onc(C(=O)NC(C)c2ccc(-n3cccc3)cc2)c1COc1cccc(F)c1. The van der Waals surface area contributed by atoms with Crippen LogP contribution in [0.5, 0.6) is 5.75 Å². The molecule has 1 amide bonds. The fourth-order valence-electron chi connectivity index (χ4n) is 3.24. The third kappa shape index (κ3) is 4.66. The van der Waals surface area contributed by atoms with E-state index in [9.17, 15) is 9.18 Å². The molecule has 0 spiro atoms. The first-order valence-corrected chi connectivity index (χ1v) is 9.89. The number of hydrogen-bond acceptors (Lipinski definition) is 4. The van der Waals surface area contributed by atoms with E-state index in [1.54, 1.807) is 19.1 Å². The number of carbonyl (C=O) groups is 1. The van der Waals surface area contributed by atoms with Gasteiger partial charge in [0.1, 0.15) is 23.9 Å². The summed E-state index contributed by atoms with van der Waals surface area (Å²) in [6, 6.07) is 17.5. The summed E-state index contributed by atoms with van der Waals surface area (Å²) in [4.78, 5) is 12.8. The molecule has 0 aliphatic rings. The zero-order chi connectivity index (χ0) is 21.8. The third-order valence-corrected chi connectivity index (χ3v) is 5.02. The normalized spacial score (nSPS) is 11.8. The summed E-state index contributed by atoms with van der Waals surface area (Å²) in [6.07, 6.45) is 3.95. The lowest BCUT2D eigenvalue weighted by Gasteiger charge is -2.15. The van der Waals surface area contributed by atoms with Crippen LogP contribution in [0.15, 0.2) is 77.6 Å². The molecule has 158 valence electrons. The van der Waals surface area contributed by atoms with Crippen LogP contribution in [0.2, 0.25) is 0 Å². The average molecular weight is 419 g/mol. The number of benzene rings is 2. The molecule has 1 unspecified atom stereocenters. The van der Waals surface area contributed by atoms with E-state index in [1.165, 1.54) is 12.1 Å². The van der Waals surface area contributed by atoms with Crippen LogP contribution in [-0.2, 0) is 6.61 Å². The highest BCUT2D eigenvalue weighted by molar-refractivity contribution is 5.94. The first kappa shape index (κ1) is 20.4. The molecular formula is C24H22FN3O3. The summed E-state index contributed by atoms with van der Waals surface area (Å²) < 4.78 is 26.2. The zero-order valence-corrected chi connectivity index (χ0v) is 17.2. The lowest BCUT2D eigenvalue weighted by atomic mass is 10.1. The van der Waals surface area contributed by atoms with E-state index in [-0.39, 0.29) is 24.2 Å². The maximum Gasteiger partial charge on any atom is 0.274 e. The summed E-state index contributed by atoms with van der Waals surface area (Å²) in [6.45, 7) is 3.65. The molecule has 4 aromatic rings. The van der Waals surface area contributed by atoms with E-state index >= 15 is 0 Å². The summed E-state index contributed by atoms with van der Waals surface area (Å²) in [7, 11) is 0. The van der Waals surface area contributed by atoms with Crippen molar-refractivity contribution < 1.29 is 18.4 Å². The van der Waals surface area contributed by atoms with Crippen molar-refractivity contribution in [1.29, 1.82) is 0 Å². The number of rotatable bonds is 7. The smallest absolute Gasteiger partial charge is 0.274 e. The van der Waals surface area contributed by atoms with Crippen molar-refractivity contribution in [3.05, 3.63) is 101 Å². The van der Waals surface area contributed by atoms with Gasteiger partial charge in [-0.3, -0.25) is 4.79 Å². The van der Waals surface area contributed by atoms with Gasteiger partial charge in [-0.15, -0.1) is 0 Å². The second-order valence-electron chi connectivity index (χ2n) is 7.19. The van der Waals surface area contributed by atoms with Crippen LogP contribution in [0, 0.1) is 12.7 Å². The second kappa shape index (κ2) is 8.87. The summed E-state index contributed by atoms with van der Waals surface area (Å²) in [5.74, 6) is 0.0826. The minimum absolute atomic E-state index is 0.0431. The van der Waals surface area contributed by atoms with Crippen LogP contribution in [0.3, 0.4) is 0 Å². The fraction of sp³-hybridized carbons (Fsp3) is 0.167. The Morgan fingerprint density at radius 2 is 1.90 bits per heavy atom. The molecule has 0 saturated heterocycles. The number of nitrogens with one attached hydrogen (secondary N) is 1. The van der Waals surface area contributed by atoms with Crippen molar-refractivity contribution in [3.8, 4) is 11.4 Å². The van der Waals surface area contributed by atoms with Crippen LogP contribution in [0.4, 0.5) is 4.39 Å². The molecule has 6 nitrogen and oxygen atoms in total. The van der Waals surface area contributed by atoms with Crippen molar-refractivity contribution in [1.82, 2.24) is 15.0 Å². The first-order chi connectivity index (χ1) is 15.0. The Balaban J connectivity index is 1.43. The van der Waals surface area contributed by atoms with E-state index in [4.69, 9.17) is 9.26 Å². The Morgan fingerprint density at radius 3 is 2.61 bits per heavy atom. The number of carbonyl (C=O) groups excluding carboxylic acids is 1. The summed E-state index contributed by atoms with van der Waals surface area (Å²) in [5, 5.41) is 6.84. The first-order valence-electron chi connectivity index (χ1n) is 9.89. The summed E-state index contributed by atoms with van der Waals surface area (Å²) >= 11 is 0. The quantitative estimate of drug-likeness (QED) is 0.459. The van der Waals surface area contributed by atoms with Gasteiger partial charge < -0.3 is 19.1 Å². The van der Waals surface area contributed by atoms with Crippen molar-refractivity contribution in [2.24, 2.45) is 0 Å². The molecule has 2 heterocycles. The lowest BCUT2D eigenvalue weighted by Crippen LogP contribution is -2.28. The van der Waals surface area contributed by atoms with Crippen LogP contribution in [0.25, 0.3) is 5.69 Å². The maximum atomic E-state index is 13.4. The predicted octanol–water partition coefficient (Wildman–Crippen LogP) is 4.98. The number of hydrogen-bond donors (Lipinski definition) is 1. The molecule has 4 rings (SSSR count). The molecule has 0 aliphatic carbocycles. The number of nitrogens with zero attached hydrogens (tertiary/aromatic N) is 2. The molecule has 0 bridgehead atoms. The van der Waals surface area contributed by atoms with E-state index in [1.807, 2.05) is 60.3 Å². The van der Waals surface area contributed by atoms with Gasteiger partial charge >= 0.3 is 0 Å². The zero-order valence-electron chi connectivity index (χ0n) is 17.2. The number of ether oxygens (including phenoxy) is 1. The minimum atomic E-state index is -0.394. The fourth-order valence-corrected chi connectivity index (χ4v) is 3.24. The summed E-state index contributed by atoms with van der Waals surface area (Å²) in [5.41, 5.74) is 2.68. The van der Waals surface area contributed by atoms with Crippen LogP contribution in [-0.4, -0.2) is 15.6 Å². The van der Waals surface area contributed by atoms with E-state index in [0.717, 1.165) is 11.3 Å². The minimum Gasteiger partial charge on any atom is -0.489 e. The number of halogens is 1. The van der Waals surface area contributed by atoms with Crippen molar-refractivity contribution in [3.63, 3.8) is 0 Å². The maximum absolute atomic E-state index is 13.4. The van der Waals surface area contributed by atoms with Crippen LogP contribution in [0.1, 0.15) is 40.3 Å². The van der Waals surface area contributed by atoms with Gasteiger partial charge in [-0.25, -0.2) is 4.39 Å². The number of aromatic nitrogens is 2. The van der Waals surface area contributed by atoms with Gasteiger partial charge in [-0.1, -0.05) is 23.4 Å². The van der Waals surface area contributed by atoms with Gasteiger partial charge in [0.25, 0.3) is 5.91 Å². The Kier molecular flexibility index (Phi) is 5.84. The van der Waals surface area contributed by atoms with Crippen LogP contribution < -0.4 is 10.1 Å². The lowest BCUT2D eigenvalue weighted by molar-refractivity contribution is 0.0928. The van der Waals surface area contributed by atoms with E-state index < -0.39 is 5.82 Å². The Bertz CT molecular complexity index is 1170. The van der Waals surface area contributed by atoms with Crippen molar-refractivity contribution in [2.75, 3.05) is 0 Å². The van der Waals surface area contributed by atoms with Gasteiger partial charge in [0.15, 0.2) is 5.69 Å². The van der Waals surface area contributed by atoms with Gasteiger partial charge in [0.05, 0.1) is 11.6 Å². The van der Waals surface area contributed by atoms with E-state index in [2.05, 4.69) is 10.5 Å². The molecule has 31 heavy (non-hydrogen) atoms. The van der Waals surface area contributed by atoms with Crippen molar-refractivity contribution in [2.45, 2.75) is 26.5 Å². The third-order valence-electron chi connectivity index (χ3n) is 5.02. The topological polar surface area (TPSA) is 69.3 Å². The molecule has 1 N–H and O–H groups in total. The highest BCUT2D eigenvalue weighted by atomic mass is 19.1. The Hall–Kier alpha value is -3.87. The predicted molar refractivity (Wildman–Crippen MR) is 114 cm³/mol. The standard InChI is InChI=1S/C24H22FN3O3/c1-16(18-8-10-20(11-9-18)28-12-3-4-13-28)26-24(29)23-22(17(2)31-27-23)15-30-21-7-5-6-19(25)14-21/h3-14,16H,15H2,1-2H3,(H,26,29). The van der Waals surface area contributed by atoms with Gasteiger partial charge in [0.2, 0.25) is 0 Å². The number of amides is 1. The molecule has 2 aromatic carbocycles. The molecule has 0 saturated carbocycles. The Morgan fingerprint density at radius 1 is 1.16 bits per heavy atom. The Labute approximate surface area is 179 Å². The molecule has 1 atom stereocenters. The highest BCUT2D eigenvalue weighted by Crippen LogP contribution is 2.21. The van der Waals surface area contributed by atoms with Gasteiger partial charge in [0, 0.05) is 24.1 Å². The average Bonchev–Trinajstić information content (AvgIpc) is 3.42. The molecule has 0 fully saturated rings. The monoisotopic (exact) mass is 419 g/mol. The van der Waals surface area contributed by atoms with Crippen LogP contribution >= 0.6 is 0 Å². The second-order valence-corrected chi connectivity index (χ2v) is 7.19. The number of aryl methyl sites for hydroxylation is 1. The van der Waals surface area contributed by atoms with Gasteiger partial charge in [-0.05, 0) is 55.8 Å². The van der Waals surface area contributed by atoms with Gasteiger partial charge in [-0.2, -0.15) is 0 Å². The molecule has 0 aliphatic heterocycles.